The Hall–Kier alpha value is -5.22. The number of fused-ring (bicyclic) bond motifs is 3. The maximum Gasteiger partial charge on any atom is 0.412 e. The van der Waals surface area contributed by atoms with E-state index < -0.39 is 49.6 Å². The Bertz CT molecular complexity index is 1930. The maximum atomic E-state index is 15.6. The first-order chi connectivity index (χ1) is 26.7. The van der Waals surface area contributed by atoms with Gasteiger partial charge in [0.25, 0.3) is 0 Å². The molecule has 1 fully saturated rings. The highest BCUT2D eigenvalue weighted by Gasteiger charge is 2.49. The molecule has 2 aromatic carbocycles. The molecule has 3 N–H and O–H groups in total. The van der Waals surface area contributed by atoms with E-state index in [-0.39, 0.29) is 54.6 Å². The Morgan fingerprint density at radius 2 is 1.96 bits per heavy atom. The Kier molecular flexibility index (Phi) is 13.9. The van der Waals surface area contributed by atoms with E-state index in [1.807, 2.05) is 0 Å². The van der Waals surface area contributed by atoms with E-state index in [1.165, 1.54) is 38.1 Å². The molecule has 0 aliphatic carbocycles. The highest BCUT2D eigenvalue weighted by atomic mass is 35.5. The van der Waals surface area contributed by atoms with Crippen molar-refractivity contribution in [3.05, 3.63) is 70.7 Å². The van der Waals surface area contributed by atoms with Crippen LogP contribution in [0.4, 0.5) is 31.0 Å². The summed E-state index contributed by atoms with van der Waals surface area (Å²) >= 11 is 6.18. The molecule has 3 heterocycles. The highest BCUT2D eigenvalue weighted by molar-refractivity contribution is 6.76. The van der Waals surface area contributed by atoms with Crippen LogP contribution < -0.4 is 16.0 Å². The van der Waals surface area contributed by atoms with Crippen molar-refractivity contribution in [2.24, 2.45) is 15.9 Å². The molecular formula is C39H48ClFN6O8Si. The molecule has 3 aliphatic rings. The number of hydrogen-bond donors (Lipinski definition) is 3. The van der Waals surface area contributed by atoms with Gasteiger partial charge in [0.1, 0.15) is 6.04 Å². The number of nitrogens with zero attached hydrogens (tertiary/aromatic N) is 3. The number of rotatable bonds is 9. The summed E-state index contributed by atoms with van der Waals surface area (Å²) < 4.78 is 37.3. The summed E-state index contributed by atoms with van der Waals surface area (Å²) in [6, 6.07) is 7.91. The number of esters is 1. The van der Waals surface area contributed by atoms with Crippen molar-refractivity contribution in [3.8, 4) is 0 Å². The minimum Gasteiger partial charge on any atom is -0.483 e. The Morgan fingerprint density at radius 1 is 1.18 bits per heavy atom. The molecule has 5 rings (SSSR count). The van der Waals surface area contributed by atoms with Gasteiger partial charge in [0, 0.05) is 37.8 Å². The molecule has 56 heavy (non-hydrogen) atoms. The lowest BCUT2D eigenvalue weighted by molar-refractivity contribution is -0.144. The lowest BCUT2D eigenvalue weighted by Crippen LogP contribution is -2.54. The van der Waals surface area contributed by atoms with Crippen LogP contribution >= 0.6 is 11.6 Å². The summed E-state index contributed by atoms with van der Waals surface area (Å²) in [6.45, 7) is 9.32. The number of allylic oxidation sites excluding steroid dienone is 1. The SMILES string of the molecule is CCOC(=O)C1C/C=C/CC(C(=O)N2CCC[C@@]3(C2)OC(=O)Nc2ccc(Cl)c(F)c23)C=N/C(=C\N=COCC[Si](C)(C)C)c2ccc(NC(=O)OC)cc2N1. The van der Waals surface area contributed by atoms with Crippen LogP contribution in [0.5, 0.6) is 0 Å². The molecular weight excluding hydrogens is 763 g/mol. The molecule has 0 aromatic heterocycles. The molecule has 3 atom stereocenters. The number of amides is 3. The van der Waals surface area contributed by atoms with Gasteiger partial charge in [-0.1, -0.05) is 43.4 Å². The van der Waals surface area contributed by atoms with Crippen molar-refractivity contribution < 1.29 is 42.5 Å². The molecule has 2 unspecified atom stereocenters. The molecule has 14 nitrogen and oxygen atoms in total. The number of aliphatic imine (C=N–C) groups is 2. The van der Waals surface area contributed by atoms with Crippen LogP contribution in [0.15, 0.2) is 58.7 Å². The standard InChI is InChI=1S/C39H48ClFN6O8Si/c1-6-54-36(49)30-11-8-7-10-25(35(48)47-17-9-16-39(23-47)33-29(46-38(51)55-39)15-14-28(40)34(33)41)21-43-32(22-42-24-53-18-19-56(3,4)5)27-13-12-26(20-31(27)45-30)44-37(50)52-2/h7-8,12-15,20-22,24-25,30,45H,6,9-11,16-19,23H2,1-5H3,(H,44,50)(H,46,51)/b8-7+,32-22-,42-24?,43-21?/t25?,30?,39-/m0/s1. The van der Waals surface area contributed by atoms with Crippen molar-refractivity contribution in [3.63, 3.8) is 0 Å². The molecule has 1 saturated heterocycles. The molecule has 3 amide bonds. The number of ether oxygens (including phenoxy) is 4. The molecule has 0 bridgehead atoms. The van der Waals surface area contributed by atoms with Crippen molar-refractivity contribution in [2.45, 2.75) is 69.9 Å². The Morgan fingerprint density at radius 3 is 2.71 bits per heavy atom. The van der Waals surface area contributed by atoms with Gasteiger partial charge >= 0.3 is 18.2 Å². The minimum absolute atomic E-state index is 0.0969. The second kappa shape index (κ2) is 18.6. The predicted octanol–water partition coefficient (Wildman–Crippen LogP) is 7.80. The van der Waals surface area contributed by atoms with E-state index >= 15 is 4.39 Å². The molecule has 2 aromatic rings. The number of nitrogens with one attached hydrogen (secondary N) is 3. The van der Waals surface area contributed by atoms with Gasteiger partial charge in [-0.15, -0.1) is 0 Å². The molecule has 3 aliphatic heterocycles. The molecule has 300 valence electrons. The van der Waals surface area contributed by atoms with Gasteiger partial charge in [-0.2, -0.15) is 0 Å². The Balaban J connectivity index is 1.54. The quantitative estimate of drug-likeness (QED) is 0.0435. The molecule has 0 radical (unpaired) electrons. The number of piperidine rings is 1. The van der Waals surface area contributed by atoms with Crippen molar-refractivity contribution in [2.75, 3.05) is 49.4 Å². The second-order valence-electron chi connectivity index (χ2n) is 14.8. The predicted molar refractivity (Wildman–Crippen MR) is 216 cm³/mol. The monoisotopic (exact) mass is 810 g/mol. The number of benzene rings is 2. The van der Waals surface area contributed by atoms with Gasteiger partial charge < -0.3 is 29.2 Å². The number of anilines is 3. The summed E-state index contributed by atoms with van der Waals surface area (Å²) in [4.78, 5) is 63.2. The zero-order valence-corrected chi connectivity index (χ0v) is 33.9. The first-order valence-electron chi connectivity index (χ1n) is 18.5. The zero-order valence-electron chi connectivity index (χ0n) is 32.2. The fourth-order valence-electron chi connectivity index (χ4n) is 6.58. The van der Waals surface area contributed by atoms with Crippen molar-refractivity contribution in [1.82, 2.24) is 4.90 Å². The highest BCUT2D eigenvalue weighted by Crippen LogP contribution is 2.45. The maximum absolute atomic E-state index is 15.6. The van der Waals surface area contributed by atoms with E-state index in [0.29, 0.717) is 42.2 Å². The largest absolute Gasteiger partial charge is 0.483 e. The third-order valence-electron chi connectivity index (χ3n) is 9.41. The number of halogens is 2. The van der Waals surface area contributed by atoms with E-state index in [4.69, 9.17) is 35.5 Å². The fraction of sp³-hybridized carbons (Fsp3) is 0.436. The molecule has 0 saturated carbocycles. The van der Waals surface area contributed by atoms with Gasteiger partial charge in [-0.3, -0.25) is 20.4 Å². The normalized spacial score (nSPS) is 22.4. The zero-order chi connectivity index (χ0) is 40.5. The summed E-state index contributed by atoms with van der Waals surface area (Å²) in [5.74, 6) is -2.39. The Labute approximate surface area is 331 Å². The third kappa shape index (κ3) is 10.5. The van der Waals surface area contributed by atoms with E-state index in [2.05, 4.69) is 40.6 Å². The van der Waals surface area contributed by atoms with Crippen LogP contribution in [0.3, 0.4) is 0 Å². The number of likely N-dealkylation sites (tertiary alicyclic amines) is 1. The minimum atomic E-state index is -1.46. The van der Waals surface area contributed by atoms with Gasteiger partial charge in [-0.05, 0) is 69.0 Å². The topological polar surface area (TPSA) is 169 Å². The van der Waals surface area contributed by atoms with Crippen molar-refractivity contribution in [1.29, 1.82) is 0 Å². The first kappa shape index (κ1) is 41.9. The van der Waals surface area contributed by atoms with E-state index in [0.717, 1.165) is 6.04 Å². The fourth-order valence-corrected chi connectivity index (χ4v) is 7.47. The lowest BCUT2D eigenvalue weighted by atomic mass is 9.82. The van der Waals surface area contributed by atoms with Crippen molar-refractivity contribution >= 4 is 79.1 Å². The van der Waals surface area contributed by atoms with Crippen LogP contribution in [0.25, 0.3) is 5.70 Å². The number of methoxy groups -OCH3 is 1. The van der Waals surface area contributed by atoms with Gasteiger partial charge in [-0.25, -0.2) is 23.8 Å². The smallest absolute Gasteiger partial charge is 0.412 e. The number of hydrogen-bond acceptors (Lipinski definition) is 11. The first-order valence-corrected chi connectivity index (χ1v) is 22.5. The van der Waals surface area contributed by atoms with Crippen LogP contribution in [0.1, 0.15) is 43.7 Å². The second-order valence-corrected chi connectivity index (χ2v) is 20.8. The van der Waals surface area contributed by atoms with E-state index in [1.54, 1.807) is 42.2 Å². The average Bonchev–Trinajstić information content (AvgIpc) is 3.14. The van der Waals surface area contributed by atoms with Gasteiger partial charge in [0.2, 0.25) is 5.91 Å². The van der Waals surface area contributed by atoms with Crippen LogP contribution in [0, 0.1) is 11.7 Å². The van der Waals surface area contributed by atoms with E-state index in [9.17, 15) is 19.2 Å². The van der Waals surface area contributed by atoms with Gasteiger partial charge in [0.05, 0.1) is 61.0 Å². The number of carbonyl (C=O) groups excluding carboxylic acids is 4. The molecule has 17 heteroatoms. The van der Waals surface area contributed by atoms with Gasteiger partial charge in [0.15, 0.2) is 17.8 Å². The average molecular weight is 811 g/mol. The summed E-state index contributed by atoms with van der Waals surface area (Å²) in [5.41, 5.74) is 0.461. The van der Waals surface area contributed by atoms with Crippen LogP contribution in [-0.2, 0) is 34.1 Å². The molecule has 1 spiro atoms. The number of carbonyl (C=O) groups is 4. The summed E-state index contributed by atoms with van der Waals surface area (Å²) in [5, 5.41) is 8.31. The summed E-state index contributed by atoms with van der Waals surface area (Å²) in [7, 11) is -0.100. The third-order valence-corrected chi connectivity index (χ3v) is 11.4. The van der Waals surface area contributed by atoms with Crippen LogP contribution in [0.2, 0.25) is 30.7 Å². The lowest BCUT2D eigenvalue weighted by Gasteiger charge is -2.45. The summed E-state index contributed by atoms with van der Waals surface area (Å²) in [6.07, 6.45) is 7.56. The van der Waals surface area contributed by atoms with Crippen LogP contribution in [-0.4, -0.2) is 89.1 Å².